The molecule has 0 bridgehead atoms. The number of rotatable bonds is 3. The third-order valence-electron chi connectivity index (χ3n) is 2.96. The van der Waals surface area contributed by atoms with Crippen LogP contribution in [0.15, 0.2) is 23.1 Å². The first-order valence-corrected chi connectivity index (χ1v) is 7.35. The van der Waals surface area contributed by atoms with E-state index < -0.39 is 15.8 Å². The molecule has 0 radical (unpaired) electrons. The van der Waals surface area contributed by atoms with E-state index in [1.54, 1.807) is 18.2 Å². The van der Waals surface area contributed by atoms with Gasteiger partial charge in [-0.1, -0.05) is 6.07 Å². The monoisotopic (exact) mass is 269 g/mol. The van der Waals surface area contributed by atoms with Crippen LogP contribution in [0.25, 0.3) is 0 Å². The second-order valence-corrected chi connectivity index (χ2v) is 6.56. The molecular formula is C12H15NO4S. The molecule has 1 aromatic carbocycles. The predicted molar refractivity (Wildman–Crippen MR) is 67.5 cm³/mol. The topological polar surface area (TPSA) is 83.5 Å². The summed E-state index contributed by atoms with van der Waals surface area (Å²) in [5, 5.41) is 11.7. The van der Waals surface area contributed by atoms with E-state index in [-0.39, 0.29) is 18.2 Å². The number of aliphatic carboxylic acids is 1. The highest BCUT2D eigenvalue weighted by atomic mass is 32.2. The lowest BCUT2D eigenvalue weighted by atomic mass is 10.1. The molecule has 0 fully saturated rings. The summed E-state index contributed by atoms with van der Waals surface area (Å²) in [6.45, 7) is 1.88. The molecule has 0 saturated heterocycles. The van der Waals surface area contributed by atoms with Gasteiger partial charge in [-0.2, -0.15) is 0 Å². The third-order valence-corrected chi connectivity index (χ3v) is 4.82. The van der Waals surface area contributed by atoms with Crippen molar-refractivity contribution in [2.45, 2.75) is 30.7 Å². The summed E-state index contributed by atoms with van der Waals surface area (Å²) >= 11 is 0. The van der Waals surface area contributed by atoms with Crippen LogP contribution in [-0.4, -0.2) is 31.3 Å². The molecule has 98 valence electrons. The van der Waals surface area contributed by atoms with E-state index in [0.29, 0.717) is 17.0 Å². The molecule has 1 aromatic rings. The summed E-state index contributed by atoms with van der Waals surface area (Å²) in [6.07, 6.45) is 0.274. The predicted octanol–water partition coefficient (Wildman–Crippen LogP) is 1.43. The quantitative estimate of drug-likeness (QED) is 0.867. The minimum absolute atomic E-state index is 0.0334. The molecule has 0 saturated carbocycles. The van der Waals surface area contributed by atoms with Crippen molar-refractivity contribution in [3.8, 4) is 0 Å². The molecule has 5 nitrogen and oxygen atoms in total. The maximum absolute atomic E-state index is 12.1. The first-order chi connectivity index (χ1) is 8.38. The molecule has 18 heavy (non-hydrogen) atoms. The first kappa shape index (κ1) is 12.9. The Morgan fingerprint density at radius 2 is 2.22 bits per heavy atom. The highest BCUT2D eigenvalue weighted by Crippen LogP contribution is 2.30. The van der Waals surface area contributed by atoms with E-state index in [1.165, 1.54) is 0 Å². The lowest BCUT2D eigenvalue weighted by Crippen LogP contribution is -2.34. The smallest absolute Gasteiger partial charge is 0.303 e. The molecule has 1 unspecified atom stereocenters. The second kappa shape index (κ2) is 4.61. The largest absolute Gasteiger partial charge is 0.481 e. The maximum Gasteiger partial charge on any atom is 0.303 e. The second-order valence-electron chi connectivity index (χ2n) is 4.55. The number of carboxylic acids is 1. The Kier molecular flexibility index (Phi) is 3.30. The van der Waals surface area contributed by atoms with E-state index in [0.717, 1.165) is 5.56 Å². The molecule has 0 aliphatic carbocycles. The van der Waals surface area contributed by atoms with Crippen LogP contribution in [-0.2, 0) is 14.6 Å². The van der Waals surface area contributed by atoms with Gasteiger partial charge in [0.25, 0.3) is 0 Å². The molecule has 1 atom stereocenters. The summed E-state index contributed by atoms with van der Waals surface area (Å²) in [5.41, 5.74) is 1.55. The van der Waals surface area contributed by atoms with Gasteiger partial charge in [0.15, 0.2) is 9.84 Å². The molecule has 2 rings (SSSR count). The van der Waals surface area contributed by atoms with Gasteiger partial charge in [-0.15, -0.1) is 0 Å². The summed E-state index contributed by atoms with van der Waals surface area (Å²) in [4.78, 5) is 10.8. The van der Waals surface area contributed by atoms with E-state index in [9.17, 15) is 13.2 Å². The molecule has 1 aliphatic heterocycles. The van der Waals surface area contributed by atoms with Crippen molar-refractivity contribution in [1.82, 2.24) is 0 Å². The zero-order chi connectivity index (χ0) is 13.3. The van der Waals surface area contributed by atoms with Crippen LogP contribution in [0.2, 0.25) is 0 Å². The van der Waals surface area contributed by atoms with Gasteiger partial charge in [0.05, 0.1) is 16.3 Å². The zero-order valence-electron chi connectivity index (χ0n) is 10.0. The van der Waals surface area contributed by atoms with Crippen molar-refractivity contribution >= 4 is 21.5 Å². The Hall–Kier alpha value is -1.56. The van der Waals surface area contributed by atoms with Gasteiger partial charge in [0, 0.05) is 12.5 Å². The van der Waals surface area contributed by atoms with E-state index in [4.69, 9.17) is 5.11 Å². The Balaban J connectivity index is 2.28. The number of anilines is 1. The van der Waals surface area contributed by atoms with E-state index >= 15 is 0 Å². The number of carboxylic acid groups (broad SMARTS) is 1. The summed E-state index contributed by atoms with van der Waals surface area (Å²) in [7, 11) is -3.31. The van der Waals surface area contributed by atoms with Crippen molar-refractivity contribution in [1.29, 1.82) is 0 Å². The van der Waals surface area contributed by atoms with Crippen LogP contribution in [0.3, 0.4) is 0 Å². The first-order valence-electron chi connectivity index (χ1n) is 5.70. The van der Waals surface area contributed by atoms with Crippen LogP contribution in [0.5, 0.6) is 0 Å². The molecule has 0 spiro atoms. The molecule has 1 heterocycles. The molecule has 0 aromatic heterocycles. The standard InChI is InChI=1S/C12H15NO4S/c1-8-2-4-11-10(6-8)13-9(3-5-12(14)15)7-18(11,16)17/h2,4,6,9,13H,3,5,7H2,1H3,(H,14,15). The van der Waals surface area contributed by atoms with Gasteiger partial charge in [-0.25, -0.2) is 8.42 Å². The van der Waals surface area contributed by atoms with Crippen molar-refractivity contribution in [2.75, 3.05) is 11.1 Å². The Labute approximate surface area is 106 Å². The van der Waals surface area contributed by atoms with Gasteiger partial charge < -0.3 is 10.4 Å². The fourth-order valence-electron chi connectivity index (χ4n) is 2.10. The number of hydrogen-bond acceptors (Lipinski definition) is 4. The Morgan fingerprint density at radius 3 is 2.89 bits per heavy atom. The molecular weight excluding hydrogens is 254 g/mol. The van der Waals surface area contributed by atoms with Crippen LogP contribution in [0.4, 0.5) is 5.69 Å². The van der Waals surface area contributed by atoms with E-state index in [2.05, 4.69) is 5.32 Å². The van der Waals surface area contributed by atoms with Crippen LogP contribution >= 0.6 is 0 Å². The zero-order valence-corrected chi connectivity index (χ0v) is 10.8. The van der Waals surface area contributed by atoms with Gasteiger partial charge in [-0.3, -0.25) is 4.79 Å². The van der Waals surface area contributed by atoms with Gasteiger partial charge in [0.1, 0.15) is 0 Å². The Morgan fingerprint density at radius 1 is 1.50 bits per heavy atom. The molecule has 1 aliphatic rings. The number of aryl methyl sites for hydroxylation is 1. The van der Waals surface area contributed by atoms with Gasteiger partial charge >= 0.3 is 5.97 Å². The minimum Gasteiger partial charge on any atom is -0.481 e. The SMILES string of the molecule is Cc1ccc2c(c1)NC(CCC(=O)O)CS2(=O)=O. The summed E-state index contributed by atoms with van der Waals surface area (Å²) in [6, 6.07) is 4.80. The molecule has 6 heteroatoms. The van der Waals surface area contributed by atoms with Crippen molar-refractivity contribution in [3.05, 3.63) is 23.8 Å². The number of fused-ring (bicyclic) bond motifs is 1. The van der Waals surface area contributed by atoms with Crippen LogP contribution < -0.4 is 5.32 Å². The maximum atomic E-state index is 12.1. The fourth-order valence-corrected chi connectivity index (χ4v) is 3.78. The third kappa shape index (κ3) is 2.64. The van der Waals surface area contributed by atoms with Crippen LogP contribution in [0.1, 0.15) is 18.4 Å². The fraction of sp³-hybridized carbons (Fsp3) is 0.417. The van der Waals surface area contributed by atoms with Crippen molar-refractivity contribution in [3.63, 3.8) is 0 Å². The number of carbonyl (C=O) groups is 1. The van der Waals surface area contributed by atoms with Crippen molar-refractivity contribution < 1.29 is 18.3 Å². The number of nitrogens with one attached hydrogen (secondary N) is 1. The number of hydrogen-bond donors (Lipinski definition) is 2. The summed E-state index contributed by atoms with van der Waals surface area (Å²) < 4.78 is 24.1. The van der Waals surface area contributed by atoms with Crippen molar-refractivity contribution in [2.24, 2.45) is 0 Å². The van der Waals surface area contributed by atoms with E-state index in [1.807, 2.05) is 6.92 Å². The number of benzene rings is 1. The molecule has 0 amide bonds. The lowest BCUT2D eigenvalue weighted by molar-refractivity contribution is -0.137. The minimum atomic E-state index is -3.31. The van der Waals surface area contributed by atoms with Gasteiger partial charge in [-0.05, 0) is 31.0 Å². The Bertz CT molecular complexity index is 580. The number of sulfone groups is 1. The highest BCUT2D eigenvalue weighted by Gasteiger charge is 2.29. The summed E-state index contributed by atoms with van der Waals surface area (Å²) in [5.74, 6) is -0.958. The van der Waals surface area contributed by atoms with Gasteiger partial charge in [0.2, 0.25) is 0 Å². The average molecular weight is 269 g/mol. The van der Waals surface area contributed by atoms with Crippen LogP contribution in [0, 0.1) is 6.92 Å². The molecule has 2 N–H and O–H groups in total. The average Bonchev–Trinajstić information content (AvgIpc) is 2.24. The lowest BCUT2D eigenvalue weighted by Gasteiger charge is -2.26. The normalized spacial score (nSPS) is 20.8. The highest BCUT2D eigenvalue weighted by molar-refractivity contribution is 7.91.